The van der Waals surface area contributed by atoms with Gasteiger partial charge >= 0.3 is 0 Å². The van der Waals surface area contributed by atoms with Crippen LogP contribution in [-0.2, 0) is 19.9 Å². The molecule has 0 atom stereocenters. The number of hydrogen-bond donors (Lipinski definition) is 0. The maximum atomic E-state index is 12.6. The van der Waals surface area contributed by atoms with E-state index >= 15 is 0 Å². The van der Waals surface area contributed by atoms with Crippen LogP contribution in [-0.4, -0.2) is 25.3 Å². The second-order valence-electron chi connectivity index (χ2n) is 6.62. The Morgan fingerprint density at radius 1 is 1.00 bits per heavy atom. The number of pyridine rings is 2. The molecule has 3 heterocycles. The maximum Gasteiger partial charge on any atom is 0.168 e. The van der Waals surface area contributed by atoms with E-state index in [1.807, 2.05) is 49.1 Å². The van der Waals surface area contributed by atoms with E-state index in [4.69, 9.17) is 0 Å². The summed E-state index contributed by atoms with van der Waals surface area (Å²) in [6.45, 7) is 2.03. The summed E-state index contributed by atoms with van der Waals surface area (Å²) in [4.78, 5) is 25.5. The molecule has 0 spiro atoms. The molecule has 5 nitrogen and oxygen atoms in total. The molecule has 0 bridgehead atoms. The molecule has 134 valence electrons. The van der Waals surface area contributed by atoms with Crippen LogP contribution in [0.5, 0.6) is 0 Å². The third-order valence-electron chi connectivity index (χ3n) is 4.73. The van der Waals surface area contributed by atoms with Crippen LogP contribution >= 0.6 is 0 Å². The Balaban J connectivity index is 1.64. The van der Waals surface area contributed by atoms with Crippen LogP contribution in [0.4, 0.5) is 0 Å². The lowest BCUT2D eigenvalue weighted by atomic mass is 10.0. The van der Waals surface area contributed by atoms with Crippen molar-refractivity contribution in [2.24, 2.45) is 7.05 Å². The van der Waals surface area contributed by atoms with Crippen molar-refractivity contribution in [1.29, 1.82) is 0 Å². The van der Waals surface area contributed by atoms with Gasteiger partial charge in [0.25, 0.3) is 0 Å². The first-order valence-corrected chi connectivity index (χ1v) is 8.97. The van der Waals surface area contributed by atoms with Gasteiger partial charge in [0.05, 0.1) is 24.6 Å². The van der Waals surface area contributed by atoms with E-state index < -0.39 is 0 Å². The van der Waals surface area contributed by atoms with Crippen LogP contribution in [0.3, 0.4) is 0 Å². The van der Waals surface area contributed by atoms with Crippen molar-refractivity contribution < 1.29 is 4.79 Å². The number of rotatable bonds is 5. The minimum Gasteiger partial charge on any atom is -0.334 e. The standard InChI is InChI=1S/C22H20N4O/c1-3-19-9-16(6-7-24-19)22(27)11-20-10-18-8-15(4-5-17(18)12-25-20)21-13-23-14-26(21)2/h4-10,12-14H,3,11H2,1-2H3. The van der Waals surface area contributed by atoms with Crippen LogP contribution in [0, 0.1) is 0 Å². The average Bonchev–Trinajstić information content (AvgIpc) is 3.13. The maximum absolute atomic E-state index is 12.6. The quantitative estimate of drug-likeness (QED) is 0.507. The highest BCUT2D eigenvalue weighted by atomic mass is 16.1. The molecule has 5 heteroatoms. The molecule has 0 saturated carbocycles. The Hall–Kier alpha value is -3.34. The molecule has 0 fully saturated rings. The van der Waals surface area contributed by atoms with Gasteiger partial charge in [-0.15, -0.1) is 0 Å². The van der Waals surface area contributed by atoms with Crippen molar-refractivity contribution in [3.8, 4) is 11.3 Å². The van der Waals surface area contributed by atoms with Gasteiger partial charge in [-0.2, -0.15) is 0 Å². The molecule has 0 radical (unpaired) electrons. The SMILES string of the molecule is CCc1cc(C(=O)Cc2cc3cc(-c4cncn4C)ccc3cn2)ccn1. The first kappa shape index (κ1) is 17.1. The zero-order chi connectivity index (χ0) is 18.8. The second kappa shape index (κ2) is 7.11. The summed E-state index contributed by atoms with van der Waals surface area (Å²) in [5, 5.41) is 2.12. The van der Waals surface area contributed by atoms with Gasteiger partial charge in [-0.1, -0.05) is 19.1 Å². The third-order valence-corrected chi connectivity index (χ3v) is 4.73. The van der Waals surface area contributed by atoms with Crippen molar-refractivity contribution in [3.63, 3.8) is 0 Å². The Labute approximate surface area is 157 Å². The van der Waals surface area contributed by atoms with Gasteiger partial charge in [-0.3, -0.25) is 14.8 Å². The third kappa shape index (κ3) is 3.49. The summed E-state index contributed by atoms with van der Waals surface area (Å²) in [6, 6.07) is 11.9. The van der Waals surface area contributed by atoms with Gasteiger partial charge in [0.1, 0.15) is 0 Å². The number of carbonyl (C=O) groups is 1. The summed E-state index contributed by atoms with van der Waals surface area (Å²) < 4.78 is 1.99. The Morgan fingerprint density at radius 3 is 2.67 bits per heavy atom. The number of hydrogen-bond acceptors (Lipinski definition) is 4. The molecule has 3 aromatic heterocycles. The predicted octanol–water partition coefficient (Wildman–Crippen LogP) is 4.02. The fourth-order valence-corrected chi connectivity index (χ4v) is 3.19. The van der Waals surface area contributed by atoms with E-state index in [1.165, 1.54) is 0 Å². The smallest absolute Gasteiger partial charge is 0.168 e. The van der Waals surface area contributed by atoms with Gasteiger partial charge in [0.15, 0.2) is 5.78 Å². The van der Waals surface area contributed by atoms with Crippen molar-refractivity contribution in [2.45, 2.75) is 19.8 Å². The van der Waals surface area contributed by atoms with Crippen molar-refractivity contribution >= 4 is 16.6 Å². The lowest BCUT2D eigenvalue weighted by molar-refractivity contribution is 0.0992. The Bertz CT molecular complexity index is 1130. The molecule has 27 heavy (non-hydrogen) atoms. The Kier molecular flexibility index (Phi) is 4.50. The van der Waals surface area contributed by atoms with E-state index in [0.29, 0.717) is 5.56 Å². The van der Waals surface area contributed by atoms with Gasteiger partial charge in [0, 0.05) is 47.3 Å². The summed E-state index contributed by atoms with van der Waals surface area (Å²) in [5.41, 5.74) is 4.52. The highest BCUT2D eigenvalue weighted by molar-refractivity contribution is 5.98. The lowest BCUT2D eigenvalue weighted by Gasteiger charge is -2.07. The molecule has 0 aliphatic heterocycles. The number of carbonyl (C=O) groups excluding carboxylic acids is 1. The molecule has 4 rings (SSSR count). The second-order valence-corrected chi connectivity index (χ2v) is 6.62. The first-order chi connectivity index (χ1) is 13.1. The van der Waals surface area contributed by atoms with Crippen LogP contribution < -0.4 is 0 Å². The van der Waals surface area contributed by atoms with E-state index in [1.54, 1.807) is 18.6 Å². The topological polar surface area (TPSA) is 60.7 Å². The van der Waals surface area contributed by atoms with E-state index in [9.17, 15) is 4.79 Å². The molecule has 0 amide bonds. The number of ketones is 1. The van der Waals surface area contributed by atoms with E-state index in [2.05, 4.69) is 27.1 Å². The normalized spacial score (nSPS) is 11.0. The van der Waals surface area contributed by atoms with Crippen molar-refractivity contribution in [3.05, 3.63) is 78.3 Å². The van der Waals surface area contributed by atoms with Crippen molar-refractivity contribution in [2.75, 3.05) is 0 Å². The molecule has 0 N–H and O–H groups in total. The zero-order valence-electron chi connectivity index (χ0n) is 15.4. The van der Waals surface area contributed by atoms with Crippen molar-refractivity contribution in [1.82, 2.24) is 19.5 Å². The average molecular weight is 356 g/mol. The van der Waals surface area contributed by atoms with Crippen LogP contribution in [0.1, 0.15) is 28.7 Å². The fourth-order valence-electron chi connectivity index (χ4n) is 3.19. The number of nitrogens with zero attached hydrogens (tertiary/aromatic N) is 4. The number of fused-ring (bicyclic) bond motifs is 1. The summed E-state index contributed by atoms with van der Waals surface area (Å²) in [7, 11) is 1.97. The number of Topliss-reactive ketones (excluding diaryl/α,β-unsaturated/α-hetero) is 1. The lowest BCUT2D eigenvalue weighted by Crippen LogP contribution is -2.06. The summed E-state index contributed by atoms with van der Waals surface area (Å²) >= 11 is 0. The Morgan fingerprint density at radius 2 is 1.89 bits per heavy atom. The first-order valence-electron chi connectivity index (χ1n) is 8.97. The minimum absolute atomic E-state index is 0.0572. The fraction of sp³-hybridized carbons (Fsp3) is 0.182. The largest absolute Gasteiger partial charge is 0.334 e. The molecule has 0 unspecified atom stereocenters. The number of aryl methyl sites for hydroxylation is 2. The summed E-state index contributed by atoms with van der Waals surface area (Å²) in [5.74, 6) is 0.0572. The highest BCUT2D eigenvalue weighted by Crippen LogP contribution is 2.24. The van der Waals surface area contributed by atoms with E-state index in [0.717, 1.165) is 39.8 Å². The van der Waals surface area contributed by atoms with Crippen LogP contribution in [0.15, 0.2) is 61.3 Å². The minimum atomic E-state index is 0.0572. The van der Waals surface area contributed by atoms with Crippen LogP contribution in [0.2, 0.25) is 0 Å². The molecule has 1 aromatic carbocycles. The van der Waals surface area contributed by atoms with Gasteiger partial charge < -0.3 is 4.57 Å². The van der Waals surface area contributed by atoms with Gasteiger partial charge in [0.2, 0.25) is 0 Å². The number of benzene rings is 1. The zero-order valence-corrected chi connectivity index (χ0v) is 15.4. The number of imidazole rings is 1. The van der Waals surface area contributed by atoms with E-state index in [-0.39, 0.29) is 12.2 Å². The molecule has 0 aliphatic carbocycles. The molecule has 4 aromatic rings. The molecule has 0 saturated heterocycles. The number of aromatic nitrogens is 4. The molecular formula is C22H20N4O. The predicted molar refractivity (Wildman–Crippen MR) is 106 cm³/mol. The molecule has 0 aliphatic rings. The van der Waals surface area contributed by atoms with Gasteiger partial charge in [-0.05, 0) is 36.1 Å². The highest BCUT2D eigenvalue weighted by Gasteiger charge is 2.10. The molecular weight excluding hydrogens is 336 g/mol. The van der Waals surface area contributed by atoms with Crippen LogP contribution in [0.25, 0.3) is 22.0 Å². The summed E-state index contributed by atoms with van der Waals surface area (Å²) in [6.07, 6.45) is 8.25. The van der Waals surface area contributed by atoms with Gasteiger partial charge in [-0.25, -0.2) is 4.98 Å². The monoisotopic (exact) mass is 356 g/mol.